The molecule has 0 radical (unpaired) electrons. The number of hydrogen-bond donors (Lipinski definition) is 1. The highest BCUT2D eigenvalue weighted by molar-refractivity contribution is 7.09. The lowest BCUT2D eigenvalue weighted by atomic mass is 10.1. The van der Waals surface area contributed by atoms with Crippen LogP contribution >= 0.6 is 11.3 Å². The van der Waals surface area contributed by atoms with Gasteiger partial charge in [-0.15, -0.1) is 11.3 Å². The molecule has 0 bridgehead atoms. The summed E-state index contributed by atoms with van der Waals surface area (Å²) >= 11 is 1.59. The fraction of sp³-hybridized carbons (Fsp3) is 0.308. The predicted octanol–water partition coefficient (Wildman–Crippen LogP) is 3.84. The number of rotatable bonds is 4. The maximum absolute atomic E-state index is 10.9. The second-order valence-corrected chi connectivity index (χ2v) is 5.29. The molecule has 100 valence electrons. The van der Waals surface area contributed by atoms with Gasteiger partial charge in [0, 0.05) is 28.4 Å². The second-order valence-electron chi connectivity index (χ2n) is 4.40. The number of hydrogen-bond acceptors (Lipinski definition) is 5. The Hall–Kier alpha value is -1.95. The largest absolute Gasteiger partial charge is 0.376 e. The normalized spacial score (nSPS) is 12.2. The highest BCUT2D eigenvalue weighted by atomic mass is 32.1. The molecule has 2 rings (SSSR count). The summed E-state index contributed by atoms with van der Waals surface area (Å²) in [6.07, 6.45) is 0. The Balaban J connectivity index is 2.24. The quantitative estimate of drug-likeness (QED) is 0.681. The van der Waals surface area contributed by atoms with Crippen LogP contribution in [0, 0.1) is 24.0 Å². The third-order valence-electron chi connectivity index (χ3n) is 2.88. The molecule has 1 unspecified atom stereocenters. The van der Waals surface area contributed by atoms with E-state index in [1.807, 2.05) is 25.3 Å². The topological polar surface area (TPSA) is 68.1 Å². The average Bonchev–Trinajstić information content (AvgIpc) is 2.78. The van der Waals surface area contributed by atoms with Gasteiger partial charge in [-0.3, -0.25) is 10.1 Å². The van der Waals surface area contributed by atoms with Crippen LogP contribution in [-0.2, 0) is 0 Å². The van der Waals surface area contributed by atoms with Gasteiger partial charge in [0.15, 0.2) is 0 Å². The minimum Gasteiger partial charge on any atom is -0.376 e. The zero-order chi connectivity index (χ0) is 14.0. The summed E-state index contributed by atoms with van der Waals surface area (Å²) in [6.45, 7) is 5.70. The third kappa shape index (κ3) is 2.90. The molecule has 2 aromatic rings. The molecular weight excluding hydrogens is 262 g/mol. The molecule has 19 heavy (non-hydrogen) atoms. The van der Waals surface area contributed by atoms with E-state index in [1.54, 1.807) is 24.3 Å². The number of aromatic nitrogens is 1. The Kier molecular flexibility index (Phi) is 3.80. The number of nitrogens with zero attached hydrogens (tertiary/aromatic N) is 2. The molecule has 0 amide bonds. The number of nitrogens with one attached hydrogen (secondary N) is 1. The molecule has 0 spiro atoms. The van der Waals surface area contributed by atoms with Gasteiger partial charge in [0.1, 0.15) is 5.01 Å². The predicted molar refractivity (Wildman–Crippen MR) is 76.7 cm³/mol. The number of nitro groups is 1. The highest BCUT2D eigenvalue weighted by Gasteiger charge is 2.16. The van der Waals surface area contributed by atoms with Crippen LogP contribution in [0.15, 0.2) is 23.6 Å². The van der Waals surface area contributed by atoms with E-state index in [0.717, 1.165) is 16.4 Å². The second kappa shape index (κ2) is 5.36. The summed E-state index contributed by atoms with van der Waals surface area (Å²) in [5.74, 6) is 0. The minimum absolute atomic E-state index is 0.0272. The van der Waals surface area contributed by atoms with Crippen molar-refractivity contribution in [3.05, 3.63) is 50.0 Å². The molecule has 0 fully saturated rings. The summed E-state index contributed by atoms with van der Waals surface area (Å²) in [7, 11) is 0. The zero-order valence-corrected chi connectivity index (χ0v) is 11.8. The van der Waals surface area contributed by atoms with Gasteiger partial charge in [0.05, 0.1) is 11.0 Å². The van der Waals surface area contributed by atoms with Crippen LogP contribution in [0.3, 0.4) is 0 Å². The summed E-state index contributed by atoms with van der Waals surface area (Å²) in [5.41, 5.74) is 2.54. The number of anilines is 1. The van der Waals surface area contributed by atoms with Crippen molar-refractivity contribution in [3.8, 4) is 0 Å². The van der Waals surface area contributed by atoms with Crippen LogP contribution < -0.4 is 5.32 Å². The van der Waals surface area contributed by atoms with Crippen molar-refractivity contribution in [1.82, 2.24) is 4.98 Å². The Labute approximate surface area is 115 Å². The summed E-state index contributed by atoms with van der Waals surface area (Å²) in [5, 5.41) is 17.1. The first-order valence-corrected chi connectivity index (χ1v) is 6.79. The molecule has 1 atom stereocenters. The molecule has 0 saturated carbocycles. The summed E-state index contributed by atoms with van der Waals surface area (Å²) in [4.78, 5) is 15.0. The fourth-order valence-corrected chi connectivity index (χ4v) is 2.65. The van der Waals surface area contributed by atoms with Crippen molar-refractivity contribution in [2.45, 2.75) is 26.8 Å². The van der Waals surface area contributed by atoms with Gasteiger partial charge in [-0.25, -0.2) is 4.98 Å². The smallest absolute Gasteiger partial charge is 0.274 e. The van der Waals surface area contributed by atoms with Crippen LogP contribution in [0.2, 0.25) is 0 Å². The van der Waals surface area contributed by atoms with Crippen molar-refractivity contribution in [3.63, 3.8) is 0 Å². The lowest BCUT2D eigenvalue weighted by molar-refractivity contribution is -0.385. The molecule has 1 aromatic carbocycles. The molecule has 0 aliphatic carbocycles. The number of benzene rings is 1. The minimum atomic E-state index is -0.362. The number of nitro benzene ring substituents is 1. The van der Waals surface area contributed by atoms with Gasteiger partial charge in [-0.1, -0.05) is 6.07 Å². The SMILES string of the molecule is Cc1csc(C(C)Nc2cccc([N+](=O)[O-])c2C)n1. The van der Waals surface area contributed by atoms with Gasteiger partial charge >= 0.3 is 0 Å². The zero-order valence-electron chi connectivity index (χ0n) is 11.0. The molecule has 6 heteroatoms. The number of aryl methyl sites for hydroxylation is 1. The molecule has 0 aliphatic heterocycles. The monoisotopic (exact) mass is 277 g/mol. The Morgan fingerprint density at radius 3 is 2.74 bits per heavy atom. The van der Waals surface area contributed by atoms with E-state index >= 15 is 0 Å². The fourth-order valence-electron chi connectivity index (χ4n) is 1.84. The van der Waals surface area contributed by atoms with E-state index in [-0.39, 0.29) is 16.7 Å². The van der Waals surface area contributed by atoms with E-state index in [9.17, 15) is 10.1 Å². The first kappa shape index (κ1) is 13.5. The molecule has 1 aromatic heterocycles. The standard InChI is InChI=1S/C13H15N3O2S/c1-8-7-19-13(14-8)10(3)15-11-5-4-6-12(9(11)2)16(17)18/h4-7,10,15H,1-3H3. The van der Waals surface area contributed by atoms with Crippen LogP contribution in [0.4, 0.5) is 11.4 Å². The van der Waals surface area contributed by atoms with Gasteiger partial charge in [-0.2, -0.15) is 0 Å². The molecule has 5 nitrogen and oxygen atoms in total. The molecule has 0 aliphatic rings. The van der Waals surface area contributed by atoms with Crippen LogP contribution in [0.5, 0.6) is 0 Å². The van der Waals surface area contributed by atoms with E-state index in [0.29, 0.717) is 5.56 Å². The first-order chi connectivity index (χ1) is 8.99. The number of thiazole rings is 1. The van der Waals surface area contributed by atoms with Crippen molar-refractivity contribution < 1.29 is 4.92 Å². The lowest BCUT2D eigenvalue weighted by Crippen LogP contribution is -2.08. The van der Waals surface area contributed by atoms with Crippen molar-refractivity contribution >= 4 is 22.7 Å². The maximum Gasteiger partial charge on any atom is 0.274 e. The summed E-state index contributed by atoms with van der Waals surface area (Å²) in [6, 6.07) is 5.07. The van der Waals surface area contributed by atoms with Gasteiger partial charge in [-0.05, 0) is 26.8 Å². The summed E-state index contributed by atoms with van der Waals surface area (Å²) < 4.78 is 0. The lowest BCUT2D eigenvalue weighted by Gasteiger charge is -2.14. The van der Waals surface area contributed by atoms with Gasteiger partial charge < -0.3 is 5.32 Å². The van der Waals surface area contributed by atoms with Gasteiger partial charge in [0.2, 0.25) is 0 Å². The van der Waals surface area contributed by atoms with E-state index < -0.39 is 0 Å². The molecular formula is C13H15N3O2S. The van der Waals surface area contributed by atoms with Crippen LogP contribution in [0.25, 0.3) is 0 Å². The maximum atomic E-state index is 10.9. The third-order valence-corrected chi connectivity index (χ3v) is 4.03. The van der Waals surface area contributed by atoms with Crippen molar-refractivity contribution in [1.29, 1.82) is 0 Å². The van der Waals surface area contributed by atoms with Crippen LogP contribution in [0.1, 0.15) is 29.2 Å². The van der Waals surface area contributed by atoms with E-state index in [1.165, 1.54) is 6.07 Å². The molecule has 0 saturated heterocycles. The van der Waals surface area contributed by atoms with Crippen molar-refractivity contribution in [2.75, 3.05) is 5.32 Å². The molecule has 1 N–H and O–H groups in total. The first-order valence-electron chi connectivity index (χ1n) is 5.91. The van der Waals surface area contributed by atoms with Crippen molar-refractivity contribution in [2.24, 2.45) is 0 Å². The average molecular weight is 277 g/mol. The Morgan fingerprint density at radius 1 is 1.42 bits per heavy atom. The Morgan fingerprint density at radius 2 is 2.16 bits per heavy atom. The van der Waals surface area contributed by atoms with E-state index in [2.05, 4.69) is 10.3 Å². The van der Waals surface area contributed by atoms with E-state index in [4.69, 9.17) is 0 Å². The van der Waals surface area contributed by atoms with Crippen LogP contribution in [-0.4, -0.2) is 9.91 Å². The highest BCUT2D eigenvalue weighted by Crippen LogP contribution is 2.29. The Bertz CT molecular complexity index is 610. The van der Waals surface area contributed by atoms with Gasteiger partial charge in [0.25, 0.3) is 5.69 Å². The molecule has 1 heterocycles.